The zero-order chi connectivity index (χ0) is 15.1. The van der Waals surface area contributed by atoms with Crippen LogP contribution in [0.3, 0.4) is 0 Å². The van der Waals surface area contributed by atoms with E-state index in [1.807, 2.05) is 18.8 Å². The third kappa shape index (κ3) is 2.01. The van der Waals surface area contributed by atoms with Gasteiger partial charge in [0, 0.05) is 61.7 Å². The molecule has 0 saturated carbocycles. The molecule has 0 N–H and O–H groups in total. The van der Waals surface area contributed by atoms with Crippen molar-refractivity contribution in [2.24, 2.45) is 7.05 Å². The van der Waals surface area contributed by atoms with Crippen molar-refractivity contribution in [3.63, 3.8) is 0 Å². The van der Waals surface area contributed by atoms with Gasteiger partial charge in [-0.25, -0.2) is 0 Å². The van der Waals surface area contributed by atoms with Crippen molar-refractivity contribution in [1.82, 2.24) is 9.78 Å². The maximum Gasteiger partial charge on any atom is 0.311 e. The number of methoxy groups -OCH3 is 1. The second-order valence-electron chi connectivity index (χ2n) is 5.10. The van der Waals surface area contributed by atoms with Gasteiger partial charge in [-0.3, -0.25) is 14.8 Å². The Hall–Kier alpha value is -2.57. The Kier molecular flexibility index (Phi) is 3.04. The van der Waals surface area contributed by atoms with Gasteiger partial charge in [-0.1, -0.05) is 0 Å². The summed E-state index contributed by atoms with van der Waals surface area (Å²) >= 11 is 0. The summed E-state index contributed by atoms with van der Waals surface area (Å²) in [6, 6.07) is 3.31. The molecule has 1 aromatic heterocycles. The van der Waals surface area contributed by atoms with Gasteiger partial charge >= 0.3 is 5.69 Å². The fourth-order valence-electron chi connectivity index (χ4n) is 2.77. The Morgan fingerprint density at radius 1 is 1.33 bits per heavy atom. The number of nitro groups is 1. The number of rotatable bonds is 2. The fraction of sp³-hybridized carbons (Fsp3) is 0.357. The van der Waals surface area contributed by atoms with Crippen molar-refractivity contribution in [3.8, 4) is 16.9 Å². The second-order valence-corrected chi connectivity index (χ2v) is 5.10. The molecule has 1 aliphatic rings. The summed E-state index contributed by atoms with van der Waals surface area (Å²) in [5, 5.41) is 15.5. The minimum Gasteiger partial charge on any atom is -0.490 e. The molecule has 2 aromatic rings. The van der Waals surface area contributed by atoms with Gasteiger partial charge in [0.05, 0.1) is 18.2 Å². The van der Waals surface area contributed by atoms with Crippen LogP contribution in [0.1, 0.15) is 5.69 Å². The maximum atomic E-state index is 11.2. The van der Waals surface area contributed by atoms with Gasteiger partial charge in [0.1, 0.15) is 0 Å². The van der Waals surface area contributed by atoms with Crippen molar-refractivity contribution < 1.29 is 9.66 Å². The number of likely N-dealkylation sites (N-methyl/N-ethyl adjacent to an activating group) is 1. The Morgan fingerprint density at radius 2 is 2.10 bits per heavy atom. The van der Waals surface area contributed by atoms with Crippen LogP contribution in [0.25, 0.3) is 11.1 Å². The maximum absolute atomic E-state index is 11.2. The van der Waals surface area contributed by atoms with Crippen LogP contribution >= 0.6 is 0 Å². The minimum absolute atomic E-state index is 0.0265. The standard InChI is InChI=1S/C14H16N4O3/c1-16-5-4-11-10(8-15-17(11)2)9-6-13(18(19)20)14(21-3)7-12(9)16/h6-8H,4-5H2,1-3H3. The average molecular weight is 288 g/mol. The summed E-state index contributed by atoms with van der Waals surface area (Å²) in [5.41, 5.74) is 3.75. The van der Waals surface area contributed by atoms with Crippen molar-refractivity contribution in [1.29, 1.82) is 0 Å². The molecule has 0 fully saturated rings. The third-order valence-corrected chi connectivity index (χ3v) is 3.94. The number of fused-ring (bicyclic) bond motifs is 3. The number of nitrogens with zero attached hydrogens (tertiary/aromatic N) is 4. The quantitative estimate of drug-likeness (QED) is 0.624. The third-order valence-electron chi connectivity index (χ3n) is 3.94. The van der Waals surface area contributed by atoms with Crippen LogP contribution < -0.4 is 9.64 Å². The highest BCUT2D eigenvalue weighted by Crippen LogP contribution is 2.42. The van der Waals surface area contributed by atoms with Crippen LogP contribution in [0.2, 0.25) is 0 Å². The zero-order valence-electron chi connectivity index (χ0n) is 12.2. The molecule has 0 bridgehead atoms. The molecular weight excluding hydrogens is 272 g/mol. The van der Waals surface area contributed by atoms with Crippen LogP contribution in [0.4, 0.5) is 11.4 Å². The van der Waals surface area contributed by atoms with Crippen LogP contribution in [-0.2, 0) is 13.5 Å². The van der Waals surface area contributed by atoms with Crippen molar-refractivity contribution in [2.75, 3.05) is 25.6 Å². The SMILES string of the molecule is COc1cc2c(cc1[N+](=O)[O-])-c1cnn(C)c1CCN2C. The number of benzene rings is 1. The first-order valence-corrected chi connectivity index (χ1v) is 6.61. The smallest absolute Gasteiger partial charge is 0.311 e. The van der Waals surface area contributed by atoms with E-state index in [9.17, 15) is 10.1 Å². The highest BCUT2D eigenvalue weighted by molar-refractivity contribution is 5.84. The van der Waals surface area contributed by atoms with E-state index in [4.69, 9.17) is 4.74 Å². The topological polar surface area (TPSA) is 73.4 Å². The van der Waals surface area contributed by atoms with Gasteiger partial charge in [-0.05, 0) is 0 Å². The number of hydrogen-bond donors (Lipinski definition) is 0. The first-order chi connectivity index (χ1) is 10.0. The van der Waals surface area contributed by atoms with E-state index in [1.165, 1.54) is 7.11 Å². The van der Waals surface area contributed by atoms with Crippen molar-refractivity contribution in [2.45, 2.75) is 6.42 Å². The van der Waals surface area contributed by atoms with Gasteiger partial charge < -0.3 is 9.64 Å². The average Bonchev–Trinajstić information content (AvgIpc) is 2.77. The Labute approximate surface area is 121 Å². The highest BCUT2D eigenvalue weighted by atomic mass is 16.6. The number of ether oxygens (including phenoxy) is 1. The second kappa shape index (κ2) is 4.76. The van der Waals surface area contributed by atoms with E-state index >= 15 is 0 Å². The molecule has 1 aromatic carbocycles. The highest BCUT2D eigenvalue weighted by Gasteiger charge is 2.26. The number of aromatic nitrogens is 2. The number of nitro benzene ring substituents is 1. The van der Waals surface area contributed by atoms with Crippen molar-refractivity contribution in [3.05, 3.63) is 34.1 Å². The predicted molar refractivity (Wildman–Crippen MR) is 78.8 cm³/mol. The molecule has 7 nitrogen and oxygen atoms in total. The molecular formula is C14H16N4O3. The Balaban J connectivity index is 2.30. The molecule has 2 heterocycles. The monoisotopic (exact) mass is 288 g/mol. The number of anilines is 1. The van der Waals surface area contributed by atoms with Crippen LogP contribution in [-0.4, -0.2) is 35.4 Å². The summed E-state index contributed by atoms with van der Waals surface area (Å²) < 4.78 is 6.99. The summed E-state index contributed by atoms with van der Waals surface area (Å²) in [6.45, 7) is 0.820. The molecule has 21 heavy (non-hydrogen) atoms. The molecule has 0 spiro atoms. The van der Waals surface area contributed by atoms with E-state index in [0.29, 0.717) is 0 Å². The van der Waals surface area contributed by atoms with Gasteiger partial charge in [0.2, 0.25) is 0 Å². The van der Waals surface area contributed by atoms with E-state index in [-0.39, 0.29) is 11.4 Å². The lowest BCUT2D eigenvalue weighted by Gasteiger charge is -2.20. The summed E-state index contributed by atoms with van der Waals surface area (Å²) in [4.78, 5) is 12.9. The van der Waals surface area contributed by atoms with E-state index in [2.05, 4.69) is 10.00 Å². The van der Waals surface area contributed by atoms with Gasteiger partial charge in [-0.2, -0.15) is 5.10 Å². The lowest BCUT2D eigenvalue weighted by Crippen LogP contribution is -2.20. The Morgan fingerprint density at radius 3 is 2.76 bits per heavy atom. The van der Waals surface area contributed by atoms with E-state index in [0.717, 1.165) is 35.5 Å². The lowest BCUT2D eigenvalue weighted by molar-refractivity contribution is -0.385. The number of aryl methyl sites for hydroxylation is 1. The molecule has 0 atom stereocenters. The predicted octanol–water partition coefficient (Wildman–Crippen LogP) is 2.00. The molecule has 3 rings (SSSR count). The van der Waals surface area contributed by atoms with Crippen LogP contribution in [0, 0.1) is 10.1 Å². The first-order valence-electron chi connectivity index (χ1n) is 6.61. The normalized spacial score (nSPS) is 13.4. The molecule has 0 saturated heterocycles. The summed E-state index contributed by atoms with van der Waals surface area (Å²) in [5.74, 6) is 0.276. The first kappa shape index (κ1) is 13.4. The van der Waals surface area contributed by atoms with Gasteiger partial charge in [0.15, 0.2) is 5.75 Å². The molecule has 1 aliphatic heterocycles. The molecule has 0 aliphatic carbocycles. The van der Waals surface area contributed by atoms with Gasteiger partial charge in [0.25, 0.3) is 0 Å². The van der Waals surface area contributed by atoms with Crippen molar-refractivity contribution >= 4 is 11.4 Å². The fourth-order valence-corrected chi connectivity index (χ4v) is 2.77. The zero-order valence-corrected chi connectivity index (χ0v) is 12.2. The lowest BCUT2D eigenvalue weighted by atomic mass is 10.0. The van der Waals surface area contributed by atoms with Crippen LogP contribution in [0.15, 0.2) is 18.3 Å². The minimum atomic E-state index is -0.417. The molecule has 0 radical (unpaired) electrons. The summed E-state index contributed by atoms with van der Waals surface area (Å²) in [7, 11) is 5.31. The Bertz CT molecular complexity index is 723. The molecule has 0 amide bonds. The largest absolute Gasteiger partial charge is 0.490 e. The number of hydrogen-bond acceptors (Lipinski definition) is 5. The van der Waals surface area contributed by atoms with Gasteiger partial charge in [-0.15, -0.1) is 0 Å². The van der Waals surface area contributed by atoms with Crippen LogP contribution in [0.5, 0.6) is 5.75 Å². The van der Waals surface area contributed by atoms with E-state index in [1.54, 1.807) is 18.3 Å². The molecule has 7 heteroatoms. The van der Waals surface area contributed by atoms with E-state index < -0.39 is 4.92 Å². The molecule has 110 valence electrons. The summed E-state index contributed by atoms with van der Waals surface area (Å²) in [6.07, 6.45) is 2.61. The molecule has 0 unspecified atom stereocenters.